The fourth-order valence-electron chi connectivity index (χ4n) is 5.00. The first kappa shape index (κ1) is 52.9. The molecule has 0 aromatic carbocycles. The normalized spacial score (nSPS) is 14.4. The largest absolute Gasteiger partial charge is 0.480 e. The van der Waals surface area contributed by atoms with E-state index < -0.39 is 98.6 Å². The van der Waals surface area contributed by atoms with Gasteiger partial charge in [0.05, 0.1) is 12.6 Å². The third-order valence-corrected chi connectivity index (χ3v) is 8.25. The molecule has 0 aliphatic carbocycles. The first-order chi connectivity index (χ1) is 26.8. The molecule has 0 fully saturated rings. The molecule has 19 N–H and O–H groups in total. The molecule has 25 nitrogen and oxygen atoms in total. The number of phosphoric ester groups is 1. The van der Waals surface area contributed by atoms with E-state index in [1.54, 1.807) is 13.8 Å². The van der Waals surface area contributed by atoms with Crippen molar-refractivity contribution < 1.29 is 57.5 Å². The Morgan fingerprint density at radius 2 is 1.05 bits per heavy atom. The highest BCUT2D eigenvalue weighted by atomic mass is 31.2. The van der Waals surface area contributed by atoms with Gasteiger partial charge in [-0.3, -0.25) is 48.1 Å². The lowest BCUT2D eigenvalue weighted by Gasteiger charge is -2.26. The van der Waals surface area contributed by atoms with E-state index in [2.05, 4.69) is 46.4 Å². The Morgan fingerprint density at radius 3 is 1.50 bits per heavy atom. The number of hydrogen-bond donors (Lipinski definition) is 14. The lowest BCUT2D eigenvalue weighted by molar-refractivity contribution is -0.138. The maximum atomic E-state index is 13.6. The molecule has 58 heavy (non-hydrogen) atoms. The third kappa shape index (κ3) is 24.5. The van der Waals surface area contributed by atoms with Gasteiger partial charge < -0.3 is 75.5 Å². The van der Waals surface area contributed by atoms with E-state index in [0.29, 0.717) is 6.42 Å². The number of phosphoric acid groups is 1. The Morgan fingerprint density at radius 1 is 0.621 bits per heavy atom. The summed E-state index contributed by atoms with van der Waals surface area (Å²) in [5, 5.41) is 23.1. The van der Waals surface area contributed by atoms with Gasteiger partial charge in [-0.25, -0.2) is 4.57 Å². The number of aliphatic carboxylic acids is 1. The minimum absolute atomic E-state index is 0.00547. The zero-order valence-corrected chi connectivity index (χ0v) is 34.3. The SMILES string of the molecule is CC(C)C[C@H](NC(=O)[C@H](COP(=O)(O)O)NC(=O)[C@H](C)NC(=O)[C@H](CCCN=C(N)N)NC(=O)[C@H](CCCN=C(N)N)NC(=O)[C@@H](N)CC(C)C)C(=O)NCC(=O)O. The van der Waals surface area contributed by atoms with Gasteiger partial charge in [-0.2, -0.15) is 0 Å². The smallest absolute Gasteiger partial charge is 0.469 e. The van der Waals surface area contributed by atoms with E-state index >= 15 is 0 Å². The van der Waals surface area contributed by atoms with Crippen LogP contribution in [0.1, 0.15) is 73.1 Å². The molecule has 0 saturated carbocycles. The van der Waals surface area contributed by atoms with Crippen LogP contribution in [0.3, 0.4) is 0 Å². The van der Waals surface area contributed by atoms with Crippen molar-refractivity contribution in [2.45, 2.75) is 109 Å². The van der Waals surface area contributed by atoms with Crippen molar-refractivity contribution in [3.8, 4) is 0 Å². The number of hydrogen-bond acceptors (Lipinski definition) is 12. The number of carbonyl (C=O) groups excluding carboxylic acids is 6. The first-order valence-corrected chi connectivity index (χ1v) is 19.9. The summed E-state index contributed by atoms with van der Waals surface area (Å²) in [4.78, 5) is 117. The fourth-order valence-corrected chi connectivity index (χ4v) is 5.35. The Kier molecular flexibility index (Phi) is 24.4. The molecule has 0 aromatic rings. The van der Waals surface area contributed by atoms with Crippen molar-refractivity contribution in [1.82, 2.24) is 31.9 Å². The second-order valence-corrected chi connectivity index (χ2v) is 15.4. The van der Waals surface area contributed by atoms with E-state index in [1.165, 1.54) is 6.92 Å². The molecule has 0 saturated heterocycles. The summed E-state index contributed by atoms with van der Waals surface area (Å²) < 4.78 is 15.9. The predicted octanol–water partition coefficient (Wildman–Crippen LogP) is -4.73. The molecule has 0 aliphatic rings. The number of rotatable bonds is 28. The zero-order chi connectivity index (χ0) is 44.7. The van der Waals surface area contributed by atoms with Crippen LogP contribution in [0, 0.1) is 11.8 Å². The highest BCUT2D eigenvalue weighted by Crippen LogP contribution is 2.35. The molecule has 0 spiro atoms. The molecule has 6 amide bonds. The van der Waals surface area contributed by atoms with Gasteiger partial charge in [0, 0.05) is 13.1 Å². The Bertz CT molecular complexity index is 1500. The average molecular weight is 852 g/mol. The minimum Gasteiger partial charge on any atom is -0.480 e. The van der Waals surface area contributed by atoms with Crippen molar-refractivity contribution >= 4 is 61.2 Å². The number of nitrogens with zero attached hydrogens (tertiary/aromatic N) is 2. The summed E-state index contributed by atoms with van der Waals surface area (Å²) >= 11 is 0. The van der Waals surface area contributed by atoms with Crippen LogP contribution in [0.4, 0.5) is 0 Å². The number of carbonyl (C=O) groups is 7. The summed E-state index contributed by atoms with van der Waals surface area (Å²) in [5.74, 6) is -7.30. The van der Waals surface area contributed by atoms with Crippen LogP contribution in [0.15, 0.2) is 9.98 Å². The van der Waals surface area contributed by atoms with E-state index in [9.17, 15) is 47.9 Å². The summed E-state index contributed by atoms with van der Waals surface area (Å²) in [5.41, 5.74) is 27.6. The van der Waals surface area contributed by atoms with Gasteiger partial charge in [0.2, 0.25) is 35.4 Å². The predicted molar refractivity (Wildman–Crippen MR) is 211 cm³/mol. The van der Waals surface area contributed by atoms with Crippen molar-refractivity contribution in [2.75, 3.05) is 26.2 Å². The maximum Gasteiger partial charge on any atom is 0.469 e. The van der Waals surface area contributed by atoms with Gasteiger partial charge in [-0.1, -0.05) is 27.7 Å². The standard InChI is InChI=1S/C32H62N13O12P/c1-16(2)12-19(33)26(49)42-21(9-7-11-39-32(36)37)29(52)43-20(8-6-10-38-31(34)35)28(51)41-18(5)25(48)45-23(15-57-58(54,55)56)30(53)44-22(13-17(3)4)27(50)40-14-24(46)47/h16-23H,6-15,33H2,1-5H3,(H,40,50)(H,41,51)(H,42,49)(H,43,52)(H,44,53)(H,45,48)(H,46,47)(H4,34,35,38)(H4,36,37,39)(H2,54,55,56)/t18-,19-,20-,21-,22-,23-/m0/s1. The van der Waals surface area contributed by atoms with Gasteiger partial charge in [-0.05, 0) is 57.3 Å². The second kappa shape index (κ2) is 26.7. The van der Waals surface area contributed by atoms with Gasteiger partial charge in [0.15, 0.2) is 11.9 Å². The van der Waals surface area contributed by atoms with E-state index in [1.807, 2.05) is 13.8 Å². The molecule has 332 valence electrons. The van der Waals surface area contributed by atoms with Crippen molar-refractivity contribution in [1.29, 1.82) is 0 Å². The number of amides is 6. The van der Waals surface area contributed by atoms with Crippen LogP contribution >= 0.6 is 7.82 Å². The number of carboxylic acid groups (broad SMARTS) is 1. The number of aliphatic imine (C=N–C) groups is 2. The number of nitrogens with two attached hydrogens (primary N) is 5. The summed E-state index contributed by atoms with van der Waals surface area (Å²) in [6.45, 7) is 6.64. The van der Waals surface area contributed by atoms with E-state index in [0.717, 1.165) is 0 Å². The van der Waals surface area contributed by atoms with Crippen LogP contribution in [0.5, 0.6) is 0 Å². The molecule has 0 radical (unpaired) electrons. The van der Waals surface area contributed by atoms with Crippen molar-refractivity contribution in [3.05, 3.63) is 0 Å². The molecule has 26 heteroatoms. The zero-order valence-electron chi connectivity index (χ0n) is 33.4. The third-order valence-electron chi connectivity index (χ3n) is 7.77. The lowest BCUT2D eigenvalue weighted by Crippen LogP contribution is -2.59. The maximum absolute atomic E-state index is 13.6. The summed E-state index contributed by atoms with van der Waals surface area (Å²) in [6, 6.07) is -8.14. The molecule has 6 atom stereocenters. The first-order valence-electron chi connectivity index (χ1n) is 18.4. The number of guanidine groups is 2. The monoisotopic (exact) mass is 851 g/mol. The molecule has 0 aromatic heterocycles. The highest BCUT2D eigenvalue weighted by molar-refractivity contribution is 7.46. The Labute approximate surface area is 336 Å². The Hall–Kier alpha value is -5.10. The van der Waals surface area contributed by atoms with E-state index in [4.69, 9.17) is 33.8 Å². The highest BCUT2D eigenvalue weighted by Gasteiger charge is 2.33. The van der Waals surface area contributed by atoms with Crippen molar-refractivity contribution in [2.24, 2.45) is 50.5 Å². The lowest BCUT2D eigenvalue weighted by atomic mass is 10.0. The van der Waals surface area contributed by atoms with Crippen LogP contribution in [0.25, 0.3) is 0 Å². The van der Waals surface area contributed by atoms with Crippen LogP contribution < -0.4 is 60.6 Å². The number of carboxylic acids is 1. The van der Waals surface area contributed by atoms with Crippen LogP contribution in [-0.4, -0.2) is 131 Å². The topological polar surface area (TPSA) is 433 Å². The number of nitrogens with one attached hydrogen (secondary N) is 6. The van der Waals surface area contributed by atoms with Gasteiger partial charge in [0.1, 0.15) is 36.8 Å². The molecular formula is C32H62N13O12P. The average Bonchev–Trinajstić information content (AvgIpc) is 3.09. The Balaban J connectivity index is 6.28. The molecule has 0 unspecified atom stereocenters. The van der Waals surface area contributed by atoms with Gasteiger partial charge in [-0.15, -0.1) is 0 Å². The van der Waals surface area contributed by atoms with Crippen molar-refractivity contribution in [3.63, 3.8) is 0 Å². The minimum atomic E-state index is -5.20. The van der Waals surface area contributed by atoms with Crippen LogP contribution in [0.2, 0.25) is 0 Å². The molecule has 0 heterocycles. The quantitative estimate of drug-likeness (QED) is 0.0152. The van der Waals surface area contributed by atoms with E-state index in [-0.39, 0.29) is 68.9 Å². The molecular weight excluding hydrogens is 789 g/mol. The van der Waals surface area contributed by atoms with Gasteiger partial charge in [0.25, 0.3) is 0 Å². The fraction of sp³-hybridized carbons (Fsp3) is 0.719. The summed E-state index contributed by atoms with van der Waals surface area (Å²) in [7, 11) is -5.20. The summed E-state index contributed by atoms with van der Waals surface area (Å²) in [6.07, 6.45) is 0.664. The molecule has 0 rings (SSSR count). The second-order valence-electron chi connectivity index (χ2n) is 14.1. The van der Waals surface area contributed by atoms with Crippen LogP contribution in [-0.2, 0) is 42.7 Å². The van der Waals surface area contributed by atoms with Gasteiger partial charge >= 0.3 is 13.8 Å². The molecule has 0 bridgehead atoms. The molecule has 0 aliphatic heterocycles.